The number of hydrogen-bond acceptors (Lipinski definition) is 6. The molecular formula is C19H31N5OS. The van der Waals surface area contributed by atoms with Crippen LogP contribution in [0.2, 0.25) is 0 Å². The lowest BCUT2D eigenvalue weighted by Gasteiger charge is -2.49. The number of carbonyl (C=O) groups excluding carboxylic acids is 1. The van der Waals surface area contributed by atoms with Gasteiger partial charge in [0.05, 0.1) is 10.6 Å². The van der Waals surface area contributed by atoms with Gasteiger partial charge in [-0.25, -0.2) is 0 Å². The van der Waals surface area contributed by atoms with Gasteiger partial charge in [0.2, 0.25) is 5.91 Å². The van der Waals surface area contributed by atoms with Crippen molar-refractivity contribution >= 4 is 17.4 Å². The zero-order valence-electron chi connectivity index (χ0n) is 16.3. The molecule has 0 aromatic carbocycles. The Bertz CT molecular complexity index is 646. The zero-order chi connectivity index (χ0) is 18.7. The number of rotatable bonds is 5. The van der Waals surface area contributed by atoms with Crippen LogP contribution >= 0.6 is 11.5 Å². The van der Waals surface area contributed by atoms with Gasteiger partial charge in [-0.05, 0) is 37.3 Å². The Labute approximate surface area is 161 Å². The lowest BCUT2D eigenvalue weighted by Crippen LogP contribution is -2.60. The number of nitrogens with zero attached hydrogens (tertiary/aromatic N) is 5. The van der Waals surface area contributed by atoms with Crippen LogP contribution in [0.5, 0.6) is 0 Å². The van der Waals surface area contributed by atoms with E-state index < -0.39 is 0 Å². The molecule has 6 nitrogen and oxygen atoms in total. The van der Waals surface area contributed by atoms with Gasteiger partial charge in [0.15, 0.2) is 0 Å². The van der Waals surface area contributed by atoms with E-state index in [9.17, 15) is 4.79 Å². The SMILES string of the molecule is C=CCN1CCC2(CCC1=O)CN(Cc1snnc1C(C)C)CCN2C. The van der Waals surface area contributed by atoms with Gasteiger partial charge in [-0.2, -0.15) is 0 Å². The molecule has 2 aliphatic rings. The summed E-state index contributed by atoms with van der Waals surface area (Å²) in [6.07, 6.45) is 4.42. The van der Waals surface area contributed by atoms with E-state index in [1.165, 1.54) is 16.4 Å². The molecule has 0 bridgehead atoms. The summed E-state index contributed by atoms with van der Waals surface area (Å²) in [5, 5.41) is 4.33. The van der Waals surface area contributed by atoms with Crippen molar-refractivity contribution in [3.63, 3.8) is 0 Å². The van der Waals surface area contributed by atoms with E-state index in [0.29, 0.717) is 18.9 Å². The standard InChI is InChI=1S/C19H31N5OS/c1-5-9-24-10-8-19(7-6-17(24)25)14-23(12-11-22(19)4)13-16-18(15(2)3)20-21-26-16/h5,15H,1,6-14H2,2-4H3. The fourth-order valence-electron chi connectivity index (χ4n) is 4.23. The Hall–Kier alpha value is -1.31. The van der Waals surface area contributed by atoms with Crippen LogP contribution < -0.4 is 0 Å². The summed E-state index contributed by atoms with van der Waals surface area (Å²) >= 11 is 1.53. The first-order valence-electron chi connectivity index (χ1n) is 9.58. The molecule has 1 atom stereocenters. The number of likely N-dealkylation sites (tertiary alicyclic amines) is 1. The third-order valence-corrected chi connectivity index (χ3v) is 6.65. The number of carbonyl (C=O) groups is 1. The molecule has 0 radical (unpaired) electrons. The van der Waals surface area contributed by atoms with E-state index in [0.717, 1.165) is 51.3 Å². The topological polar surface area (TPSA) is 52.6 Å². The summed E-state index contributed by atoms with van der Waals surface area (Å²) in [5.41, 5.74) is 1.22. The Kier molecular flexibility index (Phi) is 6.10. The largest absolute Gasteiger partial charge is 0.339 e. The molecule has 2 saturated heterocycles. The predicted molar refractivity (Wildman–Crippen MR) is 105 cm³/mol. The van der Waals surface area contributed by atoms with Crippen LogP contribution in [0.3, 0.4) is 0 Å². The van der Waals surface area contributed by atoms with Crippen molar-refractivity contribution in [1.29, 1.82) is 0 Å². The average molecular weight is 378 g/mol. The summed E-state index contributed by atoms with van der Waals surface area (Å²) < 4.78 is 4.18. The van der Waals surface area contributed by atoms with Gasteiger partial charge in [-0.3, -0.25) is 14.6 Å². The van der Waals surface area contributed by atoms with Gasteiger partial charge in [0.25, 0.3) is 0 Å². The lowest BCUT2D eigenvalue weighted by molar-refractivity contribution is -0.130. The fraction of sp³-hybridized carbons (Fsp3) is 0.737. The highest BCUT2D eigenvalue weighted by molar-refractivity contribution is 7.05. The van der Waals surface area contributed by atoms with E-state index in [1.54, 1.807) is 0 Å². The quantitative estimate of drug-likeness (QED) is 0.737. The van der Waals surface area contributed by atoms with Gasteiger partial charge in [-0.15, -0.1) is 11.7 Å². The molecule has 1 amide bonds. The zero-order valence-corrected chi connectivity index (χ0v) is 17.1. The molecule has 1 spiro atoms. The monoisotopic (exact) mass is 377 g/mol. The molecule has 2 fully saturated rings. The third kappa shape index (κ3) is 4.00. The van der Waals surface area contributed by atoms with Crippen LogP contribution in [0.15, 0.2) is 12.7 Å². The highest BCUT2D eigenvalue weighted by atomic mass is 32.1. The molecule has 26 heavy (non-hydrogen) atoms. The molecule has 1 unspecified atom stereocenters. The van der Waals surface area contributed by atoms with Gasteiger partial charge in [0.1, 0.15) is 0 Å². The van der Waals surface area contributed by atoms with Gasteiger partial charge >= 0.3 is 0 Å². The summed E-state index contributed by atoms with van der Waals surface area (Å²) in [5.74, 6) is 0.675. The summed E-state index contributed by atoms with van der Waals surface area (Å²) in [6, 6.07) is 0. The molecule has 144 valence electrons. The van der Waals surface area contributed by atoms with Crippen LogP contribution in [0.4, 0.5) is 0 Å². The Morgan fingerprint density at radius 1 is 1.31 bits per heavy atom. The first kappa shape index (κ1) is 19.5. The van der Waals surface area contributed by atoms with Crippen LogP contribution in [-0.2, 0) is 11.3 Å². The van der Waals surface area contributed by atoms with Crippen molar-refractivity contribution in [2.24, 2.45) is 0 Å². The van der Waals surface area contributed by atoms with Crippen molar-refractivity contribution in [1.82, 2.24) is 24.3 Å². The Balaban J connectivity index is 1.72. The lowest BCUT2D eigenvalue weighted by atomic mass is 9.86. The summed E-state index contributed by atoms with van der Waals surface area (Å²) in [6.45, 7) is 13.7. The van der Waals surface area contributed by atoms with Crippen molar-refractivity contribution < 1.29 is 4.79 Å². The van der Waals surface area contributed by atoms with Gasteiger partial charge in [-0.1, -0.05) is 24.4 Å². The van der Waals surface area contributed by atoms with Crippen LogP contribution in [0, 0.1) is 0 Å². The maximum atomic E-state index is 12.4. The third-order valence-electron chi connectivity index (χ3n) is 5.93. The van der Waals surface area contributed by atoms with Gasteiger partial charge in [0, 0.05) is 51.2 Å². The average Bonchev–Trinajstić information content (AvgIpc) is 3.02. The van der Waals surface area contributed by atoms with Crippen LogP contribution in [0.25, 0.3) is 0 Å². The highest BCUT2D eigenvalue weighted by Gasteiger charge is 2.42. The maximum absolute atomic E-state index is 12.4. The second-order valence-corrected chi connectivity index (χ2v) is 8.81. The Morgan fingerprint density at radius 3 is 2.85 bits per heavy atom. The molecule has 0 aliphatic carbocycles. The van der Waals surface area contributed by atoms with E-state index in [2.05, 4.69) is 46.9 Å². The van der Waals surface area contributed by atoms with Crippen LogP contribution in [0.1, 0.15) is 49.6 Å². The van der Waals surface area contributed by atoms with Crippen molar-refractivity contribution in [2.45, 2.75) is 51.1 Å². The first-order chi connectivity index (χ1) is 12.4. The number of aromatic nitrogens is 2. The number of amides is 1. The minimum absolute atomic E-state index is 0.0833. The van der Waals surface area contributed by atoms with Crippen molar-refractivity contribution in [3.05, 3.63) is 23.2 Å². The normalized spacial score (nSPS) is 25.8. The van der Waals surface area contributed by atoms with E-state index in [4.69, 9.17) is 0 Å². The van der Waals surface area contributed by atoms with Crippen LogP contribution in [-0.4, -0.2) is 75.5 Å². The summed E-state index contributed by atoms with van der Waals surface area (Å²) in [4.78, 5) is 20.7. The molecule has 0 N–H and O–H groups in total. The van der Waals surface area contributed by atoms with Gasteiger partial charge < -0.3 is 4.90 Å². The predicted octanol–water partition coefficient (Wildman–Crippen LogP) is 2.35. The molecule has 1 aromatic rings. The molecular weight excluding hydrogens is 346 g/mol. The number of piperazine rings is 1. The van der Waals surface area contributed by atoms with Crippen molar-refractivity contribution in [2.75, 3.05) is 39.8 Å². The second kappa shape index (κ2) is 8.15. The fourth-order valence-corrected chi connectivity index (χ4v) is 5.06. The van der Waals surface area contributed by atoms with Crippen molar-refractivity contribution in [3.8, 4) is 0 Å². The minimum Gasteiger partial charge on any atom is -0.339 e. The number of hydrogen-bond donors (Lipinski definition) is 0. The molecule has 1 aromatic heterocycles. The van der Waals surface area contributed by atoms with E-state index in [-0.39, 0.29) is 11.4 Å². The smallest absolute Gasteiger partial charge is 0.222 e. The molecule has 3 heterocycles. The maximum Gasteiger partial charge on any atom is 0.222 e. The minimum atomic E-state index is 0.0833. The summed E-state index contributed by atoms with van der Waals surface area (Å²) in [7, 11) is 2.22. The number of likely N-dealkylation sites (N-methyl/N-ethyl adjacent to an activating group) is 1. The molecule has 3 rings (SSSR count). The first-order valence-corrected chi connectivity index (χ1v) is 10.4. The molecule has 7 heteroatoms. The second-order valence-electron chi connectivity index (χ2n) is 7.97. The Morgan fingerprint density at radius 2 is 2.12 bits per heavy atom. The highest BCUT2D eigenvalue weighted by Crippen LogP contribution is 2.33. The van der Waals surface area contributed by atoms with E-state index >= 15 is 0 Å². The molecule has 0 saturated carbocycles. The molecule has 2 aliphatic heterocycles. The van der Waals surface area contributed by atoms with E-state index in [1.807, 2.05) is 11.0 Å².